The lowest BCUT2D eigenvalue weighted by Gasteiger charge is -2.27. The number of ketones is 1. The molecule has 0 radical (unpaired) electrons. The maximum absolute atomic E-state index is 13.2. The molecule has 7 nitrogen and oxygen atoms in total. The number of benzene rings is 2. The van der Waals surface area contributed by atoms with Crippen molar-refractivity contribution >= 4 is 23.1 Å². The predicted molar refractivity (Wildman–Crippen MR) is 131 cm³/mol. The minimum atomic E-state index is -0.666. The second-order valence-corrected chi connectivity index (χ2v) is 8.69. The van der Waals surface area contributed by atoms with Gasteiger partial charge in [-0.25, -0.2) is 0 Å². The fraction of sp³-hybridized carbons (Fsp3) is 0.385. The van der Waals surface area contributed by atoms with Crippen molar-refractivity contribution in [3.05, 3.63) is 64.7 Å². The van der Waals surface area contributed by atoms with Gasteiger partial charge in [-0.15, -0.1) is 0 Å². The molecule has 1 N–H and O–H groups in total. The number of carbonyl (C=O) groups is 2. The van der Waals surface area contributed by atoms with Crippen molar-refractivity contribution in [2.75, 3.05) is 52.8 Å². The first-order valence-electron chi connectivity index (χ1n) is 11.1. The second-order valence-electron chi connectivity index (χ2n) is 8.69. The number of nitrogens with zero attached hydrogens (tertiary/aromatic N) is 3. The number of likely N-dealkylation sites (N-methyl/N-ethyl adjacent to an activating group) is 1. The van der Waals surface area contributed by atoms with Gasteiger partial charge in [-0.3, -0.25) is 9.59 Å². The van der Waals surface area contributed by atoms with Gasteiger partial charge in [-0.2, -0.15) is 0 Å². The van der Waals surface area contributed by atoms with Crippen LogP contribution in [-0.2, 0) is 9.59 Å². The van der Waals surface area contributed by atoms with Gasteiger partial charge in [0, 0.05) is 38.4 Å². The van der Waals surface area contributed by atoms with E-state index in [1.807, 2.05) is 82.2 Å². The molecule has 2 aromatic rings. The van der Waals surface area contributed by atoms with Crippen LogP contribution in [0.25, 0.3) is 5.76 Å². The molecule has 0 aromatic heterocycles. The lowest BCUT2D eigenvalue weighted by Crippen LogP contribution is -2.35. The predicted octanol–water partition coefficient (Wildman–Crippen LogP) is 3.44. The number of aliphatic hydroxyl groups excluding tert-OH is 1. The van der Waals surface area contributed by atoms with Crippen molar-refractivity contribution in [1.82, 2.24) is 9.80 Å². The highest BCUT2D eigenvalue weighted by molar-refractivity contribution is 6.46. The summed E-state index contributed by atoms with van der Waals surface area (Å²) in [4.78, 5) is 31.7. The van der Waals surface area contributed by atoms with E-state index in [4.69, 9.17) is 4.74 Å². The molecule has 1 atom stereocenters. The van der Waals surface area contributed by atoms with E-state index in [0.29, 0.717) is 31.0 Å². The van der Waals surface area contributed by atoms with Crippen LogP contribution in [0.1, 0.15) is 29.7 Å². The number of rotatable bonds is 8. The van der Waals surface area contributed by atoms with Crippen molar-refractivity contribution in [3.8, 4) is 5.75 Å². The van der Waals surface area contributed by atoms with Crippen LogP contribution in [0.2, 0.25) is 0 Å². The Morgan fingerprint density at radius 1 is 1.06 bits per heavy atom. The third-order valence-corrected chi connectivity index (χ3v) is 5.82. The summed E-state index contributed by atoms with van der Waals surface area (Å²) in [7, 11) is 7.74. The van der Waals surface area contributed by atoms with Gasteiger partial charge in [0.2, 0.25) is 0 Å². The Morgan fingerprint density at radius 2 is 1.73 bits per heavy atom. The van der Waals surface area contributed by atoms with Crippen molar-refractivity contribution in [2.24, 2.45) is 0 Å². The highest BCUT2D eigenvalue weighted by Crippen LogP contribution is 2.40. The van der Waals surface area contributed by atoms with Crippen molar-refractivity contribution in [1.29, 1.82) is 0 Å². The molecule has 1 fully saturated rings. The summed E-state index contributed by atoms with van der Waals surface area (Å²) in [6.45, 7) is 5.25. The van der Waals surface area contributed by atoms with E-state index in [-0.39, 0.29) is 11.3 Å². The molecule has 33 heavy (non-hydrogen) atoms. The van der Waals surface area contributed by atoms with Gasteiger partial charge in [-0.05, 0) is 69.4 Å². The smallest absolute Gasteiger partial charge is 0.295 e. The van der Waals surface area contributed by atoms with E-state index in [2.05, 4.69) is 0 Å². The van der Waals surface area contributed by atoms with Crippen molar-refractivity contribution < 1.29 is 19.4 Å². The van der Waals surface area contributed by atoms with E-state index in [1.165, 1.54) is 0 Å². The number of likely N-dealkylation sites (tertiary alicyclic amines) is 1. The number of aliphatic hydroxyl groups is 1. The number of ether oxygens (including phenoxy) is 1. The first-order valence-corrected chi connectivity index (χ1v) is 11.1. The molecule has 0 spiro atoms. The normalized spacial score (nSPS) is 17.7. The molecule has 176 valence electrons. The molecule has 1 heterocycles. The van der Waals surface area contributed by atoms with Crippen LogP contribution in [-0.4, -0.2) is 74.5 Å². The molecular formula is C26H33N3O4. The van der Waals surface area contributed by atoms with Crippen LogP contribution in [0.5, 0.6) is 5.75 Å². The van der Waals surface area contributed by atoms with Crippen LogP contribution >= 0.6 is 0 Å². The Kier molecular flexibility index (Phi) is 7.43. The molecule has 0 unspecified atom stereocenters. The monoisotopic (exact) mass is 451 g/mol. The summed E-state index contributed by atoms with van der Waals surface area (Å²) in [6, 6.07) is 12.4. The number of anilines is 1. The number of hydrogen-bond donors (Lipinski definition) is 1. The quantitative estimate of drug-likeness (QED) is 0.377. The number of aryl methyl sites for hydroxylation is 1. The van der Waals surface area contributed by atoms with Gasteiger partial charge in [0.15, 0.2) is 0 Å². The topological polar surface area (TPSA) is 73.3 Å². The zero-order chi connectivity index (χ0) is 24.3. The van der Waals surface area contributed by atoms with Crippen molar-refractivity contribution in [2.45, 2.75) is 19.9 Å². The van der Waals surface area contributed by atoms with E-state index >= 15 is 0 Å². The largest absolute Gasteiger partial charge is 0.507 e. The van der Waals surface area contributed by atoms with E-state index in [0.717, 1.165) is 16.8 Å². The minimum absolute atomic E-state index is 0.114. The van der Waals surface area contributed by atoms with Crippen LogP contribution < -0.4 is 9.64 Å². The number of hydrogen-bond acceptors (Lipinski definition) is 6. The highest BCUT2D eigenvalue weighted by Gasteiger charge is 2.46. The number of Topliss-reactive ketones (excluding diaryl/α,β-unsaturated/α-hetero) is 1. The summed E-state index contributed by atoms with van der Waals surface area (Å²) in [5.74, 6) is -0.735. The molecule has 1 saturated heterocycles. The Morgan fingerprint density at radius 3 is 2.27 bits per heavy atom. The maximum Gasteiger partial charge on any atom is 0.295 e. The third kappa shape index (κ3) is 5.03. The summed E-state index contributed by atoms with van der Waals surface area (Å²) >= 11 is 0. The zero-order valence-corrected chi connectivity index (χ0v) is 20.3. The lowest BCUT2D eigenvalue weighted by atomic mass is 9.93. The van der Waals surface area contributed by atoms with Gasteiger partial charge < -0.3 is 24.5 Å². The Hall–Kier alpha value is -3.32. The molecule has 2 aromatic carbocycles. The minimum Gasteiger partial charge on any atom is -0.507 e. The average Bonchev–Trinajstić information content (AvgIpc) is 3.02. The Labute approximate surface area is 195 Å². The Balaban J connectivity index is 2.13. The molecular weight excluding hydrogens is 418 g/mol. The third-order valence-electron chi connectivity index (χ3n) is 5.82. The van der Waals surface area contributed by atoms with Gasteiger partial charge in [0.25, 0.3) is 11.7 Å². The van der Waals surface area contributed by atoms with Crippen LogP contribution in [0, 0.1) is 6.92 Å². The molecule has 3 rings (SSSR count). The van der Waals surface area contributed by atoms with E-state index < -0.39 is 17.7 Å². The van der Waals surface area contributed by atoms with Crippen LogP contribution in [0.3, 0.4) is 0 Å². The van der Waals surface area contributed by atoms with Gasteiger partial charge in [-0.1, -0.05) is 12.1 Å². The number of amides is 1. The van der Waals surface area contributed by atoms with Gasteiger partial charge in [0.05, 0.1) is 18.2 Å². The molecule has 1 aliphatic heterocycles. The number of carbonyl (C=O) groups excluding carboxylic acids is 2. The summed E-state index contributed by atoms with van der Waals surface area (Å²) < 4.78 is 5.54. The molecule has 7 heteroatoms. The molecule has 0 aliphatic carbocycles. The molecule has 0 bridgehead atoms. The molecule has 0 saturated carbocycles. The second kappa shape index (κ2) is 10.1. The van der Waals surface area contributed by atoms with Crippen LogP contribution in [0.4, 0.5) is 5.69 Å². The Bertz CT molecular complexity index is 1060. The molecule has 1 amide bonds. The lowest BCUT2D eigenvalue weighted by molar-refractivity contribution is -0.140. The first kappa shape index (κ1) is 24.3. The average molecular weight is 452 g/mol. The van der Waals surface area contributed by atoms with Crippen molar-refractivity contribution in [3.63, 3.8) is 0 Å². The summed E-state index contributed by atoms with van der Waals surface area (Å²) in [6.07, 6.45) is 0. The summed E-state index contributed by atoms with van der Waals surface area (Å²) in [5.41, 5.74) is 3.18. The molecule has 1 aliphatic rings. The van der Waals surface area contributed by atoms with E-state index in [1.54, 1.807) is 17.0 Å². The fourth-order valence-corrected chi connectivity index (χ4v) is 4.02. The maximum atomic E-state index is 13.2. The fourth-order valence-electron chi connectivity index (χ4n) is 4.02. The van der Waals surface area contributed by atoms with Gasteiger partial charge >= 0.3 is 0 Å². The van der Waals surface area contributed by atoms with Crippen LogP contribution in [0.15, 0.2) is 48.0 Å². The van der Waals surface area contributed by atoms with E-state index in [9.17, 15) is 14.7 Å². The summed E-state index contributed by atoms with van der Waals surface area (Å²) in [5, 5.41) is 11.3. The SMILES string of the molecule is CCOc1ccc(C(O)=C2C(=O)C(=O)N(CCN(C)C)[C@@H]2c2ccc(N(C)C)cc2)c(C)c1. The standard InChI is InChI=1S/C26H33N3O4/c1-7-33-20-12-13-21(17(2)16-20)24(30)22-23(18-8-10-19(11-9-18)28(5)6)29(15-14-27(3)4)26(32)25(22)31/h8-13,16,23,30H,7,14-15H2,1-6H3/t23-/m1/s1. The van der Waals surface area contributed by atoms with Gasteiger partial charge in [0.1, 0.15) is 11.5 Å². The zero-order valence-electron chi connectivity index (χ0n) is 20.3. The highest BCUT2D eigenvalue weighted by atomic mass is 16.5. The first-order chi connectivity index (χ1) is 15.6.